The highest BCUT2D eigenvalue weighted by molar-refractivity contribution is 5.94. The minimum absolute atomic E-state index is 0.192. The Kier molecular flexibility index (Phi) is 6.39. The van der Waals surface area contributed by atoms with Gasteiger partial charge in [0.2, 0.25) is 0 Å². The number of nitrogens with one attached hydrogen (secondary N) is 2. The molecule has 32 heavy (non-hydrogen) atoms. The van der Waals surface area contributed by atoms with Crippen molar-refractivity contribution in [3.8, 4) is 5.69 Å². The molecule has 0 bridgehead atoms. The molecular weight excluding hydrogens is 407 g/mol. The van der Waals surface area contributed by atoms with Crippen LogP contribution in [0, 0.1) is 5.82 Å². The molecule has 0 aliphatic carbocycles. The van der Waals surface area contributed by atoms with E-state index in [9.17, 15) is 9.18 Å². The minimum atomic E-state index is -0.371. The zero-order valence-electron chi connectivity index (χ0n) is 18.0. The van der Waals surface area contributed by atoms with Gasteiger partial charge in [-0.2, -0.15) is 5.10 Å². The maximum absolute atomic E-state index is 13.0. The first-order valence-corrected chi connectivity index (χ1v) is 10.7. The van der Waals surface area contributed by atoms with Gasteiger partial charge in [-0.05, 0) is 42.8 Å². The number of amides is 1. The summed E-state index contributed by atoms with van der Waals surface area (Å²) in [6, 6.07) is 15.3. The van der Waals surface area contributed by atoms with Crippen LogP contribution in [-0.4, -0.2) is 38.7 Å². The molecule has 2 heterocycles. The van der Waals surface area contributed by atoms with E-state index in [1.807, 2.05) is 35.0 Å². The number of para-hydroxylation sites is 1. The highest BCUT2D eigenvalue weighted by Crippen LogP contribution is 2.26. The lowest BCUT2D eigenvalue weighted by Crippen LogP contribution is -2.29. The van der Waals surface area contributed by atoms with Crippen LogP contribution in [0.2, 0.25) is 0 Å². The van der Waals surface area contributed by atoms with Crippen LogP contribution in [0.1, 0.15) is 42.4 Å². The smallest absolute Gasteiger partial charge is 0.251 e. The summed E-state index contributed by atoms with van der Waals surface area (Å²) in [6.45, 7) is 5.05. The Morgan fingerprint density at radius 2 is 1.81 bits per heavy atom. The van der Waals surface area contributed by atoms with Gasteiger partial charge < -0.3 is 10.6 Å². The quantitative estimate of drug-likeness (QED) is 0.405. The summed E-state index contributed by atoms with van der Waals surface area (Å²) >= 11 is 0. The van der Waals surface area contributed by atoms with Gasteiger partial charge in [-0.3, -0.25) is 4.79 Å². The second kappa shape index (κ2) is 9.55. The van der Waals surface area contributed by atoms with Crippen molar-refractivity contribution in [2.24, 2.45) is 0 Å². The molecule has 2 aromatic heterocycles. The van der Waals surface area contributed by atoms with E-state index in [0.717, 1.165) is 29.0 Å². The first kappa shape index (κ1) is 21.4. The van der Waals surface area contributed by atoms with Crippen LogP contribution in [0.4, 0.5) is 10.2 Å². The van der Waals surface area contributed by atoms with Gasteiger partial charge in [0.25, 0.3) is 5.91 Å². The number of aromatic nitrogens is 4. The van der Waals surface area contributed by atoms with Crippen molar-refractivity contribution in [2.75, 3.05) is 18.4 Å². The number of hydrogen-bond donors (Lipinski definition) is 2. The summed E-state index contributed by atoms with van der Waals surface area (Å²) in [7, 11) is 0. The van der Waals surface area contributed by atoms with Crippen LogP contribution in [-0.2, 0) is 0 Å². The molecule has 8 heteroatoms. The second-order valence-electron chi connectivity index (χ2n) is 7.56. The van der Waals surface area contributed by atoms with Gasteiger partial charge in [0.15, 0.2) is 5.65 Å². The molecule has 0 fully saturated rings. The van der Waals surface area contributed by atoms with Crippen LogP contribution < -0.4 is 10.6 Å². The van der Waals surface area contributed by atoms with Crippen molar-refractivity contribution >= 4 is 22.8 Å². The zero-order valence-corrected chi connectivity index (χ0v) is 18.0. The van der Waals surface area contributed by atoms with Crippen LogP contribution in [0.25, 0.3) is 16.7 Å². The molecule has 4 rings (SSSR count). The van der Waals surface area contributed by atoms with Crippen LogP contribution in [0.3, 0.4) is 0 Å². The van der Waals surface area contributed by atoms with Crippen molar-refractivity contribution in [1.29, 1.82) is 0 Å². The molecule has 164 valence electrons. The summed E-state index contributed by atoms with van der Waals surface area (Å²) in [5.74, 6) is 0.997. The Bertz CT molecular complexity index is 1210. The Morgan fingerprint density at radius 1 is 1.06 bits per heavy atom. The molecule has 0 radical (unpaired) electrons. The lowest BCUT2D eigenvalue weighted by Gasteiger charge is -2.13. The summed E-state index contributed by atoms with van der Waals surface area (Å²) in [5.41, 5.74) is 2.08. The Hall–Kier alpha value is -3.81. The number of benzene rings is 2. The van der Waals surface area contributed by atoms with E-state index in [2.05, 4.69) is 29.6 Å². The van der Waals surface area contributed by atoms with E-state index >= 15 is 0 Å². The number of fused-ring (bicyclic) bond motifs is 1. The van der Waals surface area contributed by atoms with Gasteiger partial charge in [-0.25, -0.2) is 19.0 Å². The van der Waals surface area contributed by atoms with Crippen molar-refractivity contribution < 1.29 is 9.18 Å². The largest absolute Gasteiger partial charge is 0.368 e. The topological polar surface area (TPSA) is 84.7 Å². The van der Waals surface area contributed by atoms with Gasteiger partial charge in [0, 0.05) is 24.6 Å². The first-order valence-electron chi connectivity index (χ1n) is 10.7. The number of anilines is 1. The molecule has 2 N–H and O–H groups in total. The lowest BCUT2D eigenvalue weighted by molar-refractivity contribution is 0.0955. The third-order valence-corrected chi connectivity index (χ3v) is 5.31. The molecule has 2 aromatic carbocycles. The monoisotopic (exact) mass is 432 g/mol. The van der Waals surface area contributed by atoms with E-state index in [-0.39, 0.29) is 17.6 Å². The summed E-state index contributed by atoms with van der Waals surface area (Å²) in [4.78, 5) is 21.8. The normalized spacial score (nSPS) is 12.0. The van der Waals surface area contributed by atoms with E-state index in [1.54, 1.807) is 6.20 Å². The molecule has 1 atom stereocenters. The number of halogens is 1. The van der Waals surface area contributed by atoms with Gasteiger partial charge >= 0.3 is 0 Å². The SMILES string of the molecule is CCC(C)c1nc(NCCNC(=O)c2ccc(F)cc2)c2cnn(-c3ccccc3)c2n1. The fourth-order valence-corrected chi connectivity index (χ4v) is 3.28. The first-order chi connectivity index (χ1) is 15.6. The summed E-state index contributed by atoms with van der Waals surface area (Å²) < 4.78 is 14.8. The molecule has 0 saturated heterocycles. The second-order valence-corrected chi connectivity index (χ2v) is 7.56. The zero-order chi connectivity index (χ0) is 22.5. The van der Waals surface area contributed by atoms with E-state index in [4.69, 9.17) is 9.97 Å². The van der Waals surface area contributed by atoms with E-state index in [0.29, 0.717) is 24.5 Å². The summed E-state index contributed by atoms with van der Waals surface area (Å²) in [5, 5.41) is 11.5. The molecule has 0 aliphatic heterocycles. The van der Waals surface area contributed by atoms with E-state index < -0.39 is 0 Å². The van der Waals surface area contributed by atoms with Crippen LogP contribution >= 0.6 is 0 Å². The molecule has 1 amide bonds. The van der Waals surface area contributed by atoms with Crippen molar-refractivity contribution in [3.63, 3.8) is 0 Å². The number of hydrogen-bond acceptors (Lipinski definition) is 5. The average molecular weight is 433 g/mol. The number of rotatable bonds is 8. The Morgan fingerprint density at radius 3 is 2.53 bits per heavy atom. The molecule has 0 spiro atoms. The fourth-order valence-electron chi connectivity index (χ4n) is 3.28. The third-order valence-electron chi connectivity index (χ3n) is 5.31. The van der Waals surface area contributed by atoms with Crippen molar-refractivity contribution in [3.05, 3.63) is 78.0 Å². The third kappa shape index (κ3) is 4.59. The minimum Gasteiger partial charge on any atom is -0.368 e. The van der Waals surface area contributed by atoms with Crippen LogP contribution in [0.5, 0.6) is 0 Å². The molecule has 4 aromatic rings. The number of nitrogens with zero attached hydrogens (tertiary/aromatic N) is 4. The van der Waals surface area contributed by atoms with Gasteiger partial charge in [0.1, 0.15) is 17.5 Å². The Labute approximate surface area is 185 Å². The van der Waals surface area contributed by atoms with Crippen molar-refractivity contribution in [1.82, 2.24) is 25.1 Å². The lowest BCUT2D eigenvalue weighted by atomic mass is 10.1. The predicted molar refractivity (Wildman–Crippen MR) is 123 cm³/mol. The maximum Gasteiger partial charge on any atom is 0.251 e. The average Bonchev–Trinajstić information content (AvgIpc) is 3.26. The van der Waals surface area contributed by atoms with Crippen LogP contribution in [0.15, 0.2) is 60.8 Å². The highest BCUT2D eigenvalue weighted by atomic mass is 19.1. The standard InChI is InChI=1S/C24H25FN6O/c1-3-16(2)21-29-22(26-13-14-27-24(32)17-9-11-18(25)12-10-17)20-15-28-31(23(20)30-21)19-7-5-4-6-8-19/h4-12,15-16H,3,13-14H2,1-2H3,(H,27,32)(H,26,29,30). The van der Waals surface area contributed by atoms with Gasteiger partial charge in [0.05, 0.1) is 17.3 Å². The molecule has 0 aliphatic rings. The maximum atomic E-state index is 13.0. The molecule has 7 nitrogen and oxygen atoms in total. The fraction of sp³-hybridized carbons (Fsp3) is 0.250. The Balaban J connectivity index is 1.53. The number of carbonyl (C=O) groups excluding carboxylic acids is 1. The number of carbonyl (C=O) groups is 1. The predicted octanol–water partition coefficient (Wildman–Crippen LogP) is 4.31. The van der Waals surface area contributed by atoms with Gasteiger partial charge in [-0.1, -0.05) is 32.0 Å². The van der Waals surface area contributed by atoms with Gasteiger partial charge in [-0.15, -0.1) is 0 Å². The molecule has 0 saturated carbocycles. The molecular formula is C24H25FN6O. The molecule has 1 unspecified atom stereocenters. The van der Waals surface area contributed by atoms with Crippen molar-refractivity contribution in [2.45, 2.75) is 26.2 Å². The summed E-state index contributed by atoms with van der Waals surface area (Å²) in [6.07, 6.45) is 2.67. The highest BCUT2D eigenvalue weighted by Gasteiger charge is 2.16. The van der Waals surface area contributed by atoms with E-state index in [1.165, 1.54) is 24.3 Å².